The Bertz CT molecular complexity index is 1090. The average molecular weight is 773 g/mol. The van der Waals surface area contributed by atoms with E-state index in [9.17, 15) is 19.5 Å². The first-order valence-corrected chi connectivity index (χ1v) is 21.8. The zero-order chi connectivity index (χ0) is 40.7. The maximum Gasteiger partial charge on any atom is 0.362 e. The molecule has 8 nitrogen and oxygen atoms in total. The predicted molar refractivity (Wildman–Crippen MR) is 229 cm³/mol. The number of ether oxygens (including phenoxy) is 3. The molecule has 316 valence electrons. The molecule has 0 bridgehead atoms. The number of likely N-dealkylation sites (N-methyl/N-ethyl adjacent to an activating group) is 1. The summed E-state index contributed by atoms with van der Waals surface area (Å²) in [6.45, 7) is 4.48. The van der Waals surface area contributed by atoms with Crippen molar-refractivity contribution in [3.05, 3.63) is 60.8 Å². The van der Waals surface area contributed by atoms with Crippen LogP contribution in [0.25, 0.3) is 0 Å². The number of carbonyl (C=O) groups excluding carboxylic acids is 2. The maximum absolute atomic E-state index is 12.6. The lowest BCUT2D eigenvalue weighted by molar-refractivity contribution is -0.887. The third-order valence-electron chi connectivity index (χ3n) is 9.43. The molecule has 0 aromatic rings. The van der Waals surface area contributed by atoms with Crippen LogP contribution in [0.5, 0.6) is 0 Å². The van der Waals surface area contributed by atoms with Gasteiger partial charge in [-0.1, -0.05) is 152 Å². The second-order valence-electron chi connectivity index (χ2n) is 15.6. The van der Waals surface area contributed by atoms with E-state index < -0.39 is 24.1 Å². The van der Waals surface area contributed by atoms with Gasteiger partial charge in [-0.3, -0.25) is 9.59 Å². The lowest BCUT2D eigenvalue weighted by Crippen LogP contribution is -2.50. The fraction of sp³-hybridized carbons (Fsp3) is 0.723. The molecule has 0 aromatic heterocycles. The summed E-state index contributed by atoms with van der Waals surface area (Å²) in [6.07, 6.45) is 46.0. The zero-order valence-electron chi connectivity index (χ0n) is 35.9. The molecule has 0 radical (unpaired) electrons. The van der Waals surface area contributed by atoms with Crippen LogP contribution in [0.4, 0.5) is 0 Å². The molecule has 0 aliphatic heterocycles. The summed E-state index contributed by atoms with van der Waals surface area (Å²) in [5, 5.41) is 9.59. The molecule has 0 fully saturated rings. The molecule has 0 aromatic carbocycles. The summed E-state index contributed by atoms with van der Waals surface area (Å²) >= 11 is 0. The molecule has 0 rings (SSSR count). The van der Waals surface area contributed by atoms with E-state index in [1.165, 1.54) is 83.5 Å². The SMILES string of the molecule is CC/C=C/C/C=C/C/C=C/CC(=O)OC(COCCC(C(=O)O)[N+](C)(C)C)COC(=O)CCCCCCCCC/C=C/C/C=C/CCCCCCCCCC. The zero-order valence-corrected chi connectivity index (χ0v) is 35.9. The molecule has 1 N–H and O–H groups in total. The van der Waals surface area contributed by atoms with Crippen molar-refractivity contribution in [3.63, 3.8) is 0 Å². The summed E-state index contributed by atoms with van der Waals surface area (Å²) in [7, 11) is 5.48. The Hall–Kier alpha value is -2.97. The molecule has 0 saturated heterocycles. The van der Waals surface area contributed by atoms with Crippen LogP contribution in [0, 0.1) is 0 Å². The normalized spacial score (nSPS) is 13.5. The number of carboxylic acids is 1. The van der Waals surface area contributed by atoms with Gasteiger partial charge < -0.3 is 23.8 Å². The monoisotopic (exact) mass is 773 g/mol. The van der Waals surface area contributed by atoms with Crippen molar-refractivity contribution in [2.45, 2.75) is 180 Å². The largest absolute Gasteiger partial charge is 0.477 e. The van der Waals surface area contributed by atoms with E-state index >= 15 is 0 Å². The Kier molecular flexibility index (Phi) is 35.9. The Labute approximate surface area is 337 Å². The highest BCUT2D eigenvalue weighted by Crippen LogP contribution is 2.13. The molecule has 0 amide bonds. The quantitative estimate of drug-likeness (QED) is 0.0289. The fourth-order valence-corrected chi connectivity index (χ4v) is 6.07. The van der Waals surface area contributed by atoms with Crippen LogP contribution in [0.2, 0.25) is 0 Å². The van der Waals surface area contributed by atoms with Gasteiger partial charge in [0.1, 0.15) is 6.61 Å². The lowest BCUT2D eigenvalue weighted by atomic mass is 10.1. The van der Waals surface area contributed by atoms with Crippen molar-refractivity contribution >= 4 is 17.9 Å². The summed E-state index contributed by atoms with van der Waals surface area (Å²) in [6, 6.07) is -0.630. The van der Waals surface area contributed by atoms with Gasteiger partial charge in [0.25, 0.3) is 0 Å². The van der Waals surface area contributed by atoms with Gasteiger partial charge in [0.2, 0.25) is 0 Å². The van der Waals surface area contributed by atoms with Crippen molar-refractivity contribution in [1.82, 2.24) is 0 Å². The van der Waals surface area contributed by atoms with E-state index in [-0.39, 0.29) is 36.7 Å². The molecule has 0 spiro atoms. The highest BCUT2D eigenvalue weighted by Gasteiger charge is 2.31. The van der Waals surface area contributed by atoms with Crippen molar-refractivity contribution in [2.24, 2.45) is 0 Å². The Balaban J connectivity index is 4.27. The molecule has 0 heterocycles. The summed E-state index contributed by atoms with van der Waals surface area (Å²) in [5.74, 6) is -1.64. The van der Waals surface area contributed by atoms with E-state index in [1.807, 2.05) is 27.2 Å². The third kappa shape index (κ3) is 36.4. The highest BCUT2D eigenvalue weighted by atomic mass is 16.6. The van der Waals surface area contributed by atoms with Crippen LogP contribution in [-0.2, 0) is 28.6 Å². The second-order valence-corrected chi connectivity index (χ2v) is 15.6. The molecule has 0 aliphatic rings. The molecular formula is C47H82NO7+. The number of quaternary nitrogens is 1. The topological polar surface area (TPSA) is 99.1 Å². The van der Waals surface area contributed by atoms with Crippen LogP contribution < -0.4 is 0 Å². The van der Waals surface area contributed by atoms with Gasteiger partial charge in [0.05, 0.1) is 40.8 Å². The van der Waals surface area contributed by atoms with E-state index in [0.717, 1.165) is 51.4 Å². The number of rotatable bonds is 38. The van der Waals surface area contributed by atoms with E-state index in [1.54, 1.807) is 6.08 Å². The van der Waals surface area contributed by atoms with Gasteiger partial charge in [-0.2, -0.15) is 0 Å². The number of aliphatic carboxylic acids is 1. The summed E-state index contributed by atoms with van der Waals surface area (Å²) in [5.41, 5.74) is 0. The van der Waals surface area contributed by atoms with Gasteiger partial charge in [0, 0.05) is 12.8 Å². The van der Waals surface area contributed by atoms with Crippen LogP contribution in [0.1, 0.15) is 168 Å². The second kappa shape index (κ2) is 37.9. The number of carbonyl (C=O) groups is 3. The molecule has 0 saturated carbocycles. The van der Waals surface area contributed by atoms with E-state index in [4.69, 9.17) is 14.2 Å². The fourth-order valence-electron chi connectivity index (χ4n) is 6.07. The molecular weight excluding hydrogens is 691 g/mol. The van der Waals surface area contributed by atoms with Crippen molar-refractivity contribution in [1.29, 1.82) is 0 Å². The molecule has 0 aliphatic carbocycles. The summed E-state index contributed by atoms with van der Waals surface area (Å²) in [4.78, 5) is 36.8. The van der Waals surface area contributed by atoms with E-state index in [0.29, 0.717) is 12.8 Å². The third-order valence-corrected chi connectivity index (χ3v) is 9.43. The van der Waals surface area contributed by atoms with Crippen LogP contribution in [0.15, 0.2) is 60.8 Å². The number of allylic oxidation sites excluding steroid dienone is 9. The van der Waals surface area contributed by atoms with Crippen LogP contribution >= 0.6 is 0 Å². The molecule has 2 unspecified atom stereocenters. The van der Waals surface area contributed by atoms with Crippen molar-refractivity contribution < 1.29 is 38.2 Å². The van der Waals surface area contributed by atoms with Gasteiger partial charge in [-0.15, -0.1) is 0 Å². The van der Waals surface area contributed by atoms with E-state index in [2.05, 4.69) is 62.5 Å². The van der Waals surface area contributed by atoms with Gasteiger partial charge in [-0.05, 0) is 57.8 Å². The number of hydrogen-bond acceptors (Lipinski definition) is 6. The molecule has 8 heteroatoms. The number of carboxylic acid groups (broad SMARTS) is 1. The van der Waals surface area contributed by atoms with Crippen molar-refractivity contribution in [3.8, 4) is 0 Å². The molecule has 2 atom stereocenters. The number of unbranched alkanes of at least 4 members (excludes halogenated alkanes) is 15. The van der Waals surface area contributed by atoms with Gasteiger partial charge in [0.15, 0.2) is 12.1 Å². The average Bonchev–Trinajstić information content (AvgIpc) is 3.14. The van der Waals surface area contributed by atoms with Crippen LogP contribution in [0.3, 0.4) is 0 Å². The smallest absolute Gasteiger partial charge is 0.362 e. The molecule has 55 heavy (non-hydrogen) atoms. The first kappa shape index (κ1) is 52.0. The predicted octanol–water partition coefficient (Wildman–Crippen LogP) is 11.8. The minimum atomic E-state index is -0.891. The minimum absolute atomic E-state index is 0.0203. The first-order chi connectivity index (χ1) is 26.6. The number of hydrogen-bond donors (Lipinski definition) is 1. The number of nitrogens with zero attached hydrogens (tertiary/aromatic N) is 1. The summed E-state index contributed by atoms with van der Waals surface area (Å²) < 4.78 is 17.1. The van der Waals surface area contributed by atoms with Crippen molar-refractivity contribution in [2.75, 3.05) is 41.0 Å². The highest BCUT2D eigenvalue weighted by molar-refractivity contribution is 5.72. The number of esters is 2. The Morgan fingerprint density at radius 2 is 1.07 bits per heavy atom. The van der Waals surface area contributed by atoms with Crippen LogP contribution in [-0.4, -0.2) is 80.6 Å². The maximum atomic E-state index is 12.6. The van der Waals surface area contributed by atoms with Gasteiger partial charge >= 0.3 is 17.9 Å². The Morgan fingerprint density at radius 1 is 0.582 bits per heavy atom. The van der Waals surface area contributed by atoms with Gasteiger partial charge in [-0.25, -0.2) is 4.79 Å². The minimum Gasteiger partial charge on any atom is -0.477 e. The standard InChI is InChI=1S/C47H81NO7/c1-6-8-10-12-14-16-17-18-19-20-21-22-23-24-25-26-27-28-30-31-33-35-37-45(49)54-42-43(41-53-40-39-44(47(51)52)48(3,4)5)55-46(50)38-36-34-32-29-15-13-11-9-7-2/h9,11,15,20-21,23-24,29,34,36,43-44H,6-8,10,12-14,16-19,22,25-28,30-33,35,37-42H2,1-5H3/p+1/b11-9+,21-20+,24-23+,29-15+,36-34+. The first-order valence-electron chi connectivity index (χ1n) is 21.8. The lowest BCUT2D eigenvalue weighted by Gasteiger charge is -2.31. The Morgan fingerprint density at radius 3 is 1.60 bits per heavy atom.